The van der Waals surface area contributed by atoms with Crippen molar-refractivity contribution in [3.05, 3.63) is 101 Å². The van der Waals surface area contributed by atoms with Crippen LogP contribution in [0.3, 0.4) is 0 Å². The Morgan fingerprint density at radius 3 is 1.48 bits per heavy atom. The maximum absolute atomic E-state index is 6.18. The zero-order valence-corrected chi connectivity index (χ0v) is 15.7. The first-order chi connectivity index (χ1) is 12.2. The lowest BCUT2D eigenvalue weighted by molar-refractivity contribution is 0.192. The third-order valence-corrected chi connectivity index (χ3v) is 5.61. The van der Waals surface area contributed by atoms with Crippen molar-refractivity contribution in [1.82, 2.24) is 0 Å². The van der Waals surface area contributed by atoms with Crippen molar-refractivity contribution in [2.75, 3.05) is 0 Å². The average Bonchev–Trinajstić information content (AvgIpc) is 2.65. The summed E-state index contributed by atoms with van der Waals surface area (Å²) in [6, 6.07) is 27.1. The van der Waals surface area contributed by atoms with Crippen molar-refractivity contribution >= 4 is 14.5 Å². The Morgan fingerprint density at radius 1 is 0.600 bits per heavy atom. The van der Waals surface area contributed by atoms with E-state index < -0.39 is 9.28 Å². The van der Waals surface area contributed by atoms with Crippen LogP contribution >= 0.6 is 0 Å². The van der Waals surface area contributed by atoms with Crippen LogP contribution in [0.25, 0.3) is 0 Å². The van der Waals surface area contributed by atoms with Gasteiger partial charge in [-0.3, -0.25) is 0 Å². The van der Waals surface area contributed by atoms with Gasteiger partial charge in [-0.2, -0.15) is 0 Å². The Bertz CT molecular complexity index is 718. The fourth-order valence-corrected chi connectivity index (χ4v) is 3.93. The fourth-order valence-electron chi connectivity index (χ4n) is 2.45. The Morgan fingerprint density at radius 2 is 1.04 bits per heavy atom. The largest absolute Gasteiger partial charge is 0.424 e. The highest BCUT2D eigenvalue weighted by Gasteiger charge is 2.19. The minimum atomic E-state index is -1.54. The predicted molar refractivity (Wildman–Crippen MR) is 104 cm³/mol. The summed E-state index contributed by atoms with van der Waals surface area (Å²) in [4.78, 5) is 0. The van der Waals surface area contributed by atoms with Crippen LogP contribution < -0.4 is 5.19 Å². The van der Waals surface area contributed by atoms with E-state index in [1.807, 2.05) is 18.2 Å². The monoisotopic (exact) mass is 347 g/mol. The molecule has 0 fully saturated rings. The average molecular weight is 348 g/mol. The molecule has 0 atom stereocenters. The molecule has 127 valence electrons. The van der Waals surface area contributed by atoms with Crippen LogP contribution in [0.2, 0.25) is 0 Å². The fraction of sp³-hybridized carbons (Fsp3) is 0.182. The number of benzene rings is 3. The van der Waals surface area contributed by atoms with Crippen molar-refractivity contribution in [2.24, 2.45) is 0 Å². The van der Waals surface area contributed by atoms with Crippen LogP contribution in [0, 0.1) is 13.8 Å². The van der Waals surface area contributed by atoms with Crippen LogP contribution in [0.15, 0.2) is 78.9 Å². The summed E-state index contributed by atoms with van der Waals surface area (Å²) in [6.45, 7) is 5.32. The molecule has 3 heteroatoms. The zero-order valence-electron chi connectivity index (χ0n) is 14.7. The number of aryl methyl sites for hydroxylation is 2. The van der Waals surface area contributed by atoms with Crippen molar-refractivity contribution in [3.63, 3.8) is 0 Å². The Labute approximate surface area is 151 Å². The summed E-state index contributed by atoms with van der Waals surface area (Å²) in [6.07, 6.45) is 0. The summed E-state index contributed by atoms with van der Waals surface area (Å²) in [5.74, 6) is 0. The summed E-state index contributed by atoms with van der Waals surface area (Å²) in [5.41, 5.74) is 4.85. The van der Waals surface area contributed by atoms with E-state index in [4.69, 9.17) is 8.85 Å². The molecule has 0 saturated carbocycles. The van der Waals surface area contributed by atoms with Crippen LogP contribution in [-0.2, 0) is 22.1 Å². The predicted octanol–water partition coefficient (Wildman–Crippen LogP) is 4.43. The summed E-state index contributed by atoms with van der Waals surface area (Å²) in [5, 5.41) is 1.13. The highest BCUT2D eigenvalue weighted by atomic mass is 28.3. The molecule has 25 heavy (non-hydrogen) atoms. The van der Waals surface area contributed by atoms with Crippen LogP contribution in [-0.4, -0.2) is 9.28 Å². The quantitative estimate of drug-likeness (QED) is 0.589. The smallest absolute Gasteiger partial charge is 0.385 e. The molecule has 0 unspecified atom stereocenters. The third kappa shape index (κ3) is 5.39. The molecule has 0 saturated heterocycles. The molecule has 0 aliphatic carbocycles. The summed E-state index contributed by atoms with van der Waals surface area (Å²) >= 11 is 0. The molecule has 3 aromatic carbocycles. The minimum Gasteiger partial charge on any atom is -0.385 e. The second kappa shape index (κ2) is 8.76. The van der Waals surface area contributed by atoms with E-state index in [9.17, 15) is 0 Å². The molecule has 0 amide bonds. The molecule has 0 aliphatic rings. The first-order valence-corrected chi connectivity index (χ1v) is 9.81. The molecule has 2 nitrogen and oxygen atoms in total. The number of hydrogen-bond acceptors (Lipinski definition) is 2. The lowest BCUT2D eigenvalue weighted by atomic mass is 10.2. The molecule has 0 aliphatic heterocycles. The summed E-state index contributed by atoms with van der Waals surface area (Å²) in [7, 11) is -1.54. The topological polar surface area (TPSA) is 18.5 Å². The second-order valence-corrected chi connectivity index (χ2v) is 7.93. The third-order valence-electron chi connectivity index (χ3n) is 3.99. The highest BCUT2D eigenvalue weighted by Crippen LogP contribution is 2.09. The minimum absolute atomic E-state index is 0.567. The Kier molecular flexibility index (Phi) is 6.18. The SMILES string of the molecule is Cc1ccc(CO[Si](OCc2ccc(C)cc2)c2ccccc2)cc1. The van der Waals surface area contributed by atoms with Crippen LogP contribution in [0.4, 0.5) is 0 Å². The first-order valence-electron chi connectivity index (χ1n) is 8.50. The maximum atomic E-state index is 6.18. The van der Waals surface area contributed by atoms with E-state index in [0.717, 1.165) is 5.19 Å². The zero-order chi connectivity index (χ0) is 17.5. The molecular weight excluding hydrogens is 324 g/mol. The molecule has 0 spiro atoms. The first kappa shape index (κ1) is 17.6. The van der Waals surface area contributed by atoms with Gasteiger partial charge in [0.1, 0.15) is 0 Å². The summed E-state index contributed by atoms with van der Waals surface area (Å²) < 4.78 is 12.4. The molecule has 0 aromatic heterocycles. The van der Waals surface area contributed by atoms with E-state index in [1.165, 1.54) is 22.3 Å². The van der Waals surface area contributed by atoms with Gasteiger partial charge in [-0.25, -0.2) is 0 Å². The van der Waals surface area contributed by atoms with Gasteiger partial charge in [0.25, 0.3) is 0 Å². The van der Waals surface area contributed by atoms with E-state index in [0.29, 0.717) is 13.2 Å². The Hall–Kier alpha value is -2.20. The van der Waals surface area contributed by atoms with E-state index in [1.54, 1.807) is 0 Å². The van der Waals surface area contributed by atoms with E-state index in [-0.39, 0.29) is 0 Å². The number of rotatable bonds is 7. The highest BCUT2D eigenvalue weighted by molar-refractivity contribution is 6.61. The van der Waals surface area contributed by atoms with Gasteiger partial charge < -0.3 is 8.85 Å². The van der Waals surface area contributed by atoms with Gasteiger partial charge in [0.2, 0.25) is 0 Å². The molecule has 3 aromatic rings. The van der Waals surface area contributed by atoms with Crippen molar-refractivity contribution in [3.8, 4) is 0 Å². The molecule has 0 heterocycles. The van der Waals surface area contributed by atoms with E-state index in [2.05, 4.69) is 74.5 Å². The lowest BCUT2D eigenvalue weighted by Gasteiger charge is -2.16. The lowest BCUT2D eigenvalue weighted by Crippen LogP contribution is -2.36. The molecule has 0 bridgehead atoms. The van der Waals surface area contributed by atoms with E-state index >= 15 is 0 Å². The van der Waals surface area contributed by atoms with Gasteiger partial charge in [-0.05, 0) is 30.2 Å². The van der Waals surface area contributed by atoms with Gasteiger partial charge in [-0.15, -0.1) is 0 Å². The molecule has 1 radical (unpaired) electrons. The molecule has 3 rings (SSSR count). The van der Waals surface area contributed by atoms with Gasteiger partial charge in [0.05, 0.1) is 13.2 Å². The molecule has 0 N–H and O–H groups in total. The van der Waals surface area contributed by atoms with Gasteiger partial charge in [0, 0.05) is 0 Å². The van der Waals surface area contributed by atoms with Gasteiger partial charge in [0.15, 0.2) is 0 Å². The van der Waals surface area contributed by atoms with Gasteiger partial charge >= 0.3 is 9.28 Å². The second-order valence-electron chi connectivity index (χ2n) is 6.20. The standard InChI is InChI=1S/C22H23O2Si/c1-18-8-12-20(13-9-18)16-23-25(22-6-4-3-5-7-22)24-17-21-14-10-19(2)11-15-21/h3-15H,16-17H2,1-2H3. The van der Waals surface area contributed by atoms with Crippen LogP contribution in [0.1, 0.15) is 22.3 Å². The van der Waals surface area contributed by atoms with Crippen LogP contribution in [0.5, 0.6) is 0 Å². The van der Waals surface area contributed by atoms with Crippen molar-refractivity contribution < 1.29 is 8.85 Å². The number of hydrogen-bond donors (Lipinski definition) is 0. The van der Waals surface area contributed by atoms with Gasteiger partial charge in [-0.1, -0.05) is 90.0 Å². The van der Waals surface area contributed by atoms with Crippen molar-refractivity contribution in [1.29, 1.82) is 0 Å². The maximum Gasteiger partial charge on any atom is 0.424 e. The Balaban J connectivity index is 1.66. The molecular formula is C22H23O2Si. The normalized spacial score (nSPS) is 11.0. The van der Waals surface area contributed by atoms with Crippen molar-refractivity contribution in [2.45, 2.75) is 27.1 Å².